The van der Waals surface area contributed by atoms with Gasteiger partial charge in [-0.3, -0.25) is 9.78 Å². The highest BCUT2D eigenvalue weighted by Crippen LogP contribution is 2.08. The predicted molar refractivity (Wildman–Crippen MR) is 73.3 cm³/mol. The first-order chi connectivity index (χ1) is 8.92. The molecular formula is C11H18N4O3S. The lowest BCUT2D eigenvalue weighted by Gasteiger charge is -2.07. The van der Waals surface area contributed by atoms with Gasteiger partial charge in [-0.15, -0.1) is 0 Å². The number of pyridine rings is 1. The van der Waals surface area contributed by atoms with Gasteiger partial charge in [0, 0.05) is 25.0 Å². The molecule has 0 aliphatic heterocycles. The summed E-state index contributed by atoms with van der Waals surface area (Å²) in [6.45, 7) is 2.81. The molecule has 106 valence electrons. The molecule has 1 rings (SSSR count). The van der Waals surface area contributed by atoms with Crippen molar-refractivity contribution in [3.05, 3.63) is 24.0 Å². The van der Waals surface area contributed by atoms with Crippen molar-refractivity contribution in [1.82, 2.24) is 10.3 Å². The molecule has 8 heteroatoms. The molecule has 0 bridgehead atoms. The van der Waals surface area contributed by atoms with Gasteiger partial charge >= 0.3 is 0 Å². The standard InChI is InChI=1S/C11H18N4O3S/c1-2-13-11(16)10-8-9(4-6-15-10)14-5-3-7-19(12,17)18/h4,6,8H,2-3,5,7H2,1H3,(H,13,16)(H,14,15)(H2,12,17,18). The van der Waals surface area contributed by atoms with Crippen LogP contribution in [0.2, 0.25) is 0 Å². The number of anilines is 1. The normalized spacial score (nSPS) is 11.1. The van der Waals surface area contributed by atoms with E-state index in [4.69, 9.17) is 5.14 Å². The lowest BCUT2D eigenvalue weighted by atomic mass is 10.3. The van der Waals surface area contributed by atoms with Gasteiger partial charge in [-0.05, 0) is 25.5 Å². The number of primary sulfonamides is 1. The van der Waals surface area contributed by atoms with E-state index in [-0.39, 0.29) is 11.7 Å². The van der Waals surface area contributed by atoms with Gasteiger partial charge < -0.3 is 10.6 Å². The number of aromatic nitrogens is 1. The molecule has 1 amide bonds. The summed E-state index contributed by atoms with van der Waals surface area (Å²) in [5.74, 6) is -0.315. The van der Waals surface area contributed by atoms with Gasteiger partial charge in [0.15, 0.2) is 0 Å². The zero-order valence-electron chi connectivity index (χ0n) is 10.7. The molecule has 0 fully saturated rings. The summed E-state index contributed by atoms with van der Waals surface area (Å²) >= 11 is 0. The molecule has 0 atom stereocenters. The van der Waals surface area contributed by atoms with Crippen molar-refractivity contribution in [2.75, 3.05) is 24.2 Å². The van der Waals surface area contributed by atoms with Crippen molar-refractivity contribution in [2.24, 2.45) is 5.14 Å². The molecule has 0 aliphatic rings. The summed E-state index contributed by atoms with van der Waals surface area (Å²) in [7, 11) is -3.42. The molecule has 0 radical (unpaired) electrons. The Kier molecular flexibility index (Phi) is 5.71. The molecule has 0 spiro atoms. The fourth-order valence-corrected chi connectivity index (χ4v) is 1.97. The van der Waals surface area contributed by atoms with Crippen molar-refractivity contribution >= 4 is 21.6 Å². The molecule has 4 N–H and O–H groups in total. The predicted octanol–water partition coefficient (Wildman–Crippen LogP) is -0.0782. The highest BCUT2D eigenvalue weighted by Gasteiger charge is 2.06. The van der Waals surface area contributed by atoms with Crippen LogP contribution in [0.15, 0.2) is 18.3 Å². The minimum Gasteiger partial charge on any atom is -0.385 e. The van der Waals surface area contributed by atoms with Crippen molar-refractivity contribution in [3.8, 4) is 0 Å². The topological polar surface area (TPSA) is 114 Å². The highest BCUT2D eigenvalue weighted by atomic mass is 32.2. The van der Waals surface area contributed by atoms with Gasteiger partial charge in [-0.1, -0.05) is 0 Å². The molecule has 7 nitrogen and oxygen atoms in total. The van der Waals surface area contributed by atoms with Crippen LogP contribution in [0.5, 0.6) is 0 Å². The average molecular weight is 286 g/mol. The second kappa shape index (κ2) is 7.05. The smallest absolute Gasteiger partial charge is 0.269 e. The molecule has 0 saturated carbocycles. The molecule has 1 heterocycles. The number of nitrogens with one attached hydrogen (secondary N) is 2. The third kappa shape index (κ3) is 6.16. The van der Waals surface area contributed by atoms with Crippen LogP contribution < -0.4 is 15.8 Å². The van der Waals surface area contributed by atoms with Crippen molar-refractivity contribution in [1.29, 1.82) is 0 Å². The summed E-state index contributed by atoms with van der Waals surface area (Å²) in [4.78, 5) is 15.5. The first kappa shape index (κ1) is 15.4. The van der Waals surface area contributed by atoms with E-state index in [0.717, 1.165) is 0 Å². The molecule has 1 aromatic heterocycles. The van der Waals surface area contributed by atoms with Crippen molar-refractivity contribution < 1.29 is 13.2 Å². The Morgan fingerprint density at radius 3 is 2.84 bits per heavy atom. The monoisotopic (exact) mass is 286 g/mol. The molecule has 0 aliphatic carbocycles. The number of sulfonamides is 1. The maximum Gasteiger partial charge on any atom is 0.269 e. The maximum atomic E-state index is 11.6. The minimum atomic E-state index is -3.42. The van der Waals surface area contributed by atoms with Crippen LogP contribution in [0.25, 0.3) is 0 Å². The Hall–Kier alpha value is -1.67. The lowest BCUT2D eigenvalue weighted by molar-refractivity contribution is 0.0951. The zero-order valence-corrected chi connectivity index (χ0v) is 11.5. The first-order valence-corrected chi connectivity index (χ1v) is 7.62. The van der Waals surface area contributed by atoms with Gasteiger partial charge in [0.2, 0.25) is 10.0 Å². The summed E-state index contributed by atoms with van der Waals surface area (Å²) in [5, 5.41) is 10.6. The van der Waals surface area contributed by atoms with Gasteiger partial charge in [0.25, 0.3) is 5.91 Å². The van der Waals surface area contributed by atoms with E-state index in [1.165, 1.54) is 6.20 Å². The Balaban J connectivity index is 2.51. The number of nitrogens with zero attached hydrogens (tertiary/aromatic N) is 1. The Morgan fingerprint density at radius 2 is 2.21 bits per heavy atom. The van der Waals surface area contributed by atoms with E-state index in [0.29, 0.717) is 30.9 Å². The van der Waals surface area contributed by atoms with Crippen LogP contribution in [0.4, 0.5) is 5.69 Å². The summed E-state index contributed by atoms with van der Waals surface area (Å²) in [6.07, 6.45) is 1.92. The molecule has 1 aromatic rings. The molecule has 0 unspecified atom stereocenters. The first-order valence-electron chi connectivity index (χ1n) is 5.91. The van der Waals surface area contributed by atoms with E-state index >= 15 is 0 Å². The maximum absolute atomic E-state index is 11.6. The van der Waals surface area contributed by atoms with Gasteiger partial charge in [0.1, 0.15) is 5.69 Å². The number of amides is 1. The lowest BCUT2D eigenvalue weighted by Crippen LogP contribution is -2.23. The summed E-state index contributed by atoms with van der Waals surface area (Å²) in [6, 6.07) is 3.32. The van der Waals surface area contributed by atoms with Gasteiger partial charge in [0.05, 0.1) is 5.75 Å². The average Bonchev–Trinajstić information content (AvgIpc) is 2.34. The summed E-state index contributed by atoms with van der Waals surface area (Å²) in [5.41, 5.74) is 1.03. The zero-order chi connectivity index (χ0) is 14.3. The Bertz CT molecular complexity index is 530. The fraction of sp³-hybridized carbons (Fsp3) is 0.455. The van der Waals surface area contributed by atoms with Crippen molar-refractivity contribution in [3.63, 3.8) is 0 Å². The van der Waals surface area contributed by atoms with Gasteiger partial charge in [-0.2, -0.15) is 0 Å². The number of hydrogen-bond donors (Lipinski definition) is 3. The number of carbonyl (C=O) groups excluding carboxylic acids is 1. The second-order valence-corrected chi connectivity index (χ2v) is 5.67. The SMILES string of the molecule is CCNC(=O)c1cc(NCCCS(N)(=O)=O)ccn1. The molecule has 19 heavy (non-hydrogen) atoms. The molecular weight excluding hydrogens is 268 g/mol. The van der Waals surface area contributed by atoms with E-state index in [9.17, 15) is 13.2 Å². The van der Waals surface area contributed by atoms with E-state index < -0.39 is 10.0 Å². The van der Waals surface area contributed by atoms with Crippen LogP contribution in [0.3, 0.4) is 0 Å². The molecule has 0 saturated heterocycles. The van der Waals surface area contributed by atoms with Crippen LogP contribution in [-0.2, 0) is 10.0 Å². The number of carbonyl (C=O) groups is 1. The van der Waals surface area contributed by atoms with E-state index in [1.54, 1.807) is 12.1 Å². The summed E-state index contributed by atoms with van der Waals surface area (Å²) < 4.78 is 21.5. The van der Waals surface area contributed by atoms with Crippen LogP contribution in [-0.4, -0.2) is 38.2 Å². The Labute approximate surface area is 112 Å². The second-order valence-electron chi connectivity index (χ2n) is 3.94. The van der Waals surface area contributed by atoms with Crippen LogP contribution in [0.1, 0.15) is 23.8 Å². The van der Waals surface area contributed by atoms with Crippen LogP contribution >= 0.6 is 0 Å². The van der Waals surface area contributed by atoms with E-state index in [2.05, 4.69) is 15.6 Å². The third-order valence-corrected chi connectivity index (χ3v) is 3.12. The number of nitrogens with two attached hydrogens (primary N) is 1. The highest BCUT2D eigenvalue weighted by molar-refractivity contribution is 7.89. The largest absolute Gasteiger partial charge is 0.385 e. The van der Waals surface area contributed by atoms with Gasteiger partial charge in [-0.25, -0.2) is 13.6 Å². The Morgan fingerprint density at radius 1 is 1.47 bits per heavy atom. The van der Waals surface area contributed by atoms with E-state index in [1.807, 2.05) is 6.92 Å². The molecule has 0 aromatic carbocycles. The van der Waals surface area contributed by atoms with Crippen molar-refractivity contribution in [2.45, 2.75) is 13.3 Å². The third-order valence-electron chi connectivity index (χ3n) is 2.26. The number of rotatable bonds is 7. The quantitative estimate of drug-likeness (QED) is 0.607. The van der Waals surface area contributed by atoms with Crippen LogP contribution in [0, 0.1) is 0 Å². The minimum absolute atomic E-state index is 0.0751. The number of hydrogen-bond acceptors (Lipinski definition) is 5. The fourth-order valence-electron chi connectivity index (χ4n) is 1.42.